The number of carbonyl (C=O) groups excluding carboxylic acids is 2. The van der Waals surface area contributed by atoms with Gasteiger partial charge in [0, 0.05) is 20.0 Å². The number of morpholine rings is 1. The third-order valence-corrected chi connectivity index (χ3v) is 4.12. The van der Waals surface area contributed by atoms with E-state index >= 15 is 0 Å². The highest BCUT2D eigenvalue weighted by Crippen LogP contribution is 2.27. The number of benzene rings is 1. The molecule has 2 aliphatic heterocycles. The first-order valence-electron chi connectivity index (χ1n) is 7.88. The average molecular weight is 337 g/mol. The molecule has 2 atom stereocenters. The molecule has 2 heterocycles. The lowest BCUT2D eigenvalue weighted by molar-refractivity contribution is -0.120. The molecule has 1 aromatic carbocycles. The van der Waals surface area contributed by atoms with Gasteiger partial charge in [-0.3, -0.25) is 4.79 Å². The maximum Gasteiger partial charge on any atom is 0.407 e. The molecule has 2 saturated heterocycles. The summed E-state index contributed by atoms with van der Waals surface area (Å²) in [5, 5.41) is 5.27. The molecule has 24 heavy (non-hydrogen) atoms. The number of rotatable bonds is 4. The average Bonchev–Trinajstić information content (AvgIpc) is 2.99. The second kappa shape index (κ2) is 7.04. The molecule has 0 spiro atoms. The Bertz CT molecular complexity index is 634. The molecule has 7 nitrogen and oxygen atoms in total. The van der Waals surface area contributed by atoms with Crippen LogP contribution in [0, 0.1) is 5.82 Å². The van der Waals surface area contributed by atoms with Crippen LogP contribution in [0.15, 0.2) is 18.2 Å². The minimum atomic E-state index is -0.602. The number of ether oxygens (including phenoxy) is 2. The molecule has 0 radical (unpaired) electrons. The highest BCUT2D eigenvalue weighted by Gasteiger charge is 2.33. The van der Waals surface area contributed by atoms with Gasteiger partial charge < -0.3 is 25.0 Å². The van der Waals surface area contributed by atoms with Crippen molar-refractivity contribution in [3.05, 3.63) is 29.6 Å². The fourth-order valence-corrected chi connectivity index (χ4v) is 2.98. The van der Waals surface area contributed by atoms with Gasteiger partial charge in [0.05, 0.1) is 31.5 Å². The fourth-order valence-electron chi connectivity index (χ4n) is 2.98. The van der Waals surface area contributed by atoms with Gasteiger partial charge in [-0.2, -0.15) is 0 Å². The summed E-state index contributed by atoms with van der Waals surface area (Å²) in [5.74, 6) is -0.650. The summed E-state index contributed by atoms with van der Waals surface area (Å²) in [4.78, 5) is 24.7. The Labute approximate surface area is 139 Å². The van der Waals surface area contributed by atoms with Crippen LogP contribution in [-0.2, 0) is 14.3 Å². The molecular weight excluding hydrogens is 317 g/mol. The lowest BCUT2D eigenvalue weighted by atomic mass is 10.00. The van der Waals surface area contributed by atoms with Crippen molar-refractivity contribution >= 4 is 17.7 Å². The van der Waals surface area contributed by atoms with Gasteiger partial charge in [-0.15, -0.1) is 0 Å². The zero-order chi connectivity index (χ0) is 17.1. The Morgan fingerprint density at radius 3 is 2.75 bits per heavy atom. The van der Waals surface area contributed by atoms with Gasteiger partial charge in [0.15, 0.2) is 0 Å². The van der Waals surface area contributed by atoms with Crippen LogP contribution < -0.4 is 15.5 Å². The van der Waals surface area contributed by atoms with Crippen LogP contribution in [0.1, 0.15) is 18.5 Å². The zero-order valence-corrected chi connectivity index (χ0v) is 13.4. The van der Waals surface area contributed by atoms with E-state index in [9.17, 15) is 14.0 Å². The van der Waals surface area contributed by atoms with Gasteiger partial charge in [0.25, 0.3) is 0 Å². The first kappa shape index (κ1) is 16.5. The van der Waals surface area contributed by atoms with Gasteiger partial charge in [0.1, 0.15) is 11.9 Å². The third kappa shape index (κ3) is 3.59. The number of nitrogens with zero attached hydrogens (tertiary/aromatic N) is 1. The summed E-state index contributed by atoms with van der Waals surface area (Å²) in [5.41, 5.74) is 1.06. The van der Waals surface area contributed by atoms with E-state index in [4.69, 9.17) is 9.47 Å². The molecular formula is C16H20FN3O4. The van der Waals surface area contributed by atoms with Crippen LogP contribution in [0.4, 0.5) is 14.9 Å². The predicted octanol–water partition coefficient (Wildman–Crippen LogP) is 0.948. The largest absolute Gasteiger partial charge is 0.442 e. The van der Waals surface area contributed by atoms with Crippen LogP contribution in [0.25, 0.3) is 0 Å². The summed E-state index contributed by atoms with van der Waals surface area (Å²) in [6.07, 6.45) is -1.12. The normalized spacial score (nSPS) is 21.8. The van der Waals surface area contributed by atoms with E-state index in [1.54, 1.807) is 12.1 Å². The number of hydrogen-bond acceptors (Lipinski definition) is 5. The minimum absolute atomic E-state index is 0.261. The van der Waals surface area contributed by atoms with Gasteiger partial charge >= 0.3 is 6.09 Å². The molecule has 2 aliphatic rings. The van der Waals surface area contributed by atoms with Crippen molar-refractivity contribution in [2.75, 3.05) is 37.7 Å². The number of anilines is 1. The van der Waals surface area contributed by atoms with Crippen molar-refractivity contribution in [2.45, 2.75) is 19.1 Å². The molecule has 0 bridgehead atoms. The van der Waals surface area contributed by atoms with Crippen molar-refractivity contribution < 1.29 is 23.5 Å². The Morgan fingerprint density at radius 1 is 1.42 bits per heavy atom. The Morgan fingerprint density at radius 2 is 2.17 bits per heavy atom. The minimum Gasteiger partial charge on any atom is -0.442 e. The van der Waals surface area contributed by atoms with Crippen molar-refractivity contribution in [1.29, 1.82) is 0 Å². The third-order valence-electron chi connectivity index (χ3n) is 4.12. The number of halogens is 1. The first-order valence-corrected chi connectivity index (χ1v) is 7.88. The van der Waals surface area contributed by atoms with Crippen LogP contribution in [0.2, 0.25) is 0 Å². The second-order valence-electron chi connectivity index (χ2n) is 5.81. The van der Waals surface area contributed by atoms with Gasteiger partial charge in [0.2, 0.25) is 5.91 Å². The molecule has 2 fully saturated rings. The summed E-state index contributed by atoms with van der Waals surface area (Å²) in [6, 6.07) is 4.22. The molecule has 0 aromatic heterocycles. The van der Waals surface area contributed by atoms with E-state index in [0.29, 0.717) is 37.6 Å². The number of alkyl carbamates (subject to hydrolysis) is 1. The topological polar surface area (TPSA) is 79.9 Å². The number of amides is 2. The molecule has 2 amide bonds. The molecule has 130 valence electrons. The number of nitrogens with one attached hydrogen (secondary N) is 2. The van der Waals surface area contributed by atoms with Gasteiger partial charge in [-0.25, -0.2) is 9.18 Å². The monoisotopic (exact) mass is 337 g/mol. The van der Waals surface area contributed by atoms with Crippen LogP contribution in [-0.4, -0.2) is 51.0 Å². The maximum atomic E-state index is 14.6. The van der Waals surface area contributed by atoms with Crippen molar-refractivity contribution in [2.24, 2.45) is 0 Å². The Hall–Kier alpha value is -2.35. The number of cyclic esters (lactones) is 1. The Kier molecular flexibility index (Phi) is 4.84. The molecule has 0 saturated carbocycles. The molecule has 3 rings (SSSR count). The first-order chi connectivity index (χ1) is 11.5. The summed E-state index contributed by atoms with van der Waals surface area (Å²) in [6.45, 7) is 4.04. The van der Waals surface area contributed by atoms with Crippen LogP contribution in [0.5, 0.6) is 0 Å². The smallest absolute Gasteiger partial charge is 0.407 e. The zero-order valence-electron chi connectivity index (χ0n) is 13.4. The van der Waals surface area contributed by atoms with E-state index in [-0.39, 0.29) is 18.3 Å². The van der Waals surface area contributed by atoms with E-state index in [1.807, 2.05) is 4.90 Å². The fraction of sp³-hybridized carbons (Fsp3) is 0.500. The molecule has 1 unspecified atom stereocenters. The van der Waals surface area contributed by atoms with E-state index in [0.717, 1.165) is 0 Å². The van der Waals surface area contributed by atoms with Gasteiger partial charge in [-0.1, -0.05) is 6.07 Å². The predicted molar refractivity (Wildman–Crippen MR) is 84.3 cm³/mol. The number of carbonyl (C=O) groups is 2. The highest BCUT2D eigenvalue weighted by atomic mass is 19.1. The second-order valence-corrected chi connectivity index (χ2v) is 5.81. The Balaban J connectivity index is 1.83. The summed E-state index contributed by atoms with van der Waals surface area (Å²) < 4.78 is 25.0. The van der Waals surface area contributed by atoms with Crippen molar-refractivity contribution in [3.63, 3.8) is 0 Å². The van der Waals surface area contributed by atoms with Crippen LogP contribution >= 0.6 is 0 Å². The summed E-state index contributed by atoms with van der Waals surface area (Å²) in [7, 11) is 0. The van der Waals surface area contributed by atoms with Crippen molar-refractivity contribution in [1.82, 2.24) is 10.6 Å². The van der Waals surface area contributed by atoms with Crippen molar-refractivity contribution in [3.8, 4) is 0 Å². The maximum absolute atomic E-state index is 14.6. The molecule has 8 heteroatoms. The molecule has 1 aromatic rings. The number of hydrogen-bond donors (Lipinski definition) is 2. The quantitative estimate of drug-likeness (QED) is 0.855. The van der Waals surface area contributed by atoms with E-state index < -0.39 is 18.2 Å². The molecule has 2 N–H and O–H groups in total. The SMILES string of the molecule is CC(=O)N[C@@H](c1ccc(N2CCOCC2)c(F)c1)C1CNC(=O)O1. The highest BCUT2D eigenvalue weighted by molar-refractivity contribution is 5.74. The van der Waals surface area contributed by atoms with Gasteiger partial charge in [-0.05, 0) is 17.7 Å². The van der Waals surface area contributed by atoms with Crippen LogP contribution in [0.3, 0.4) is 0 Å². The molecule has 0 aliphatic carbocycles. The lowest BCUT2D eigenvalue weighted by Crippen LogP contribution is -2.38. The van der Waals surface area contributed by atoms with E-state index in [1.165, 1.54) is 13.0 Å². The van der Waals surface area contributed by atoms with E-state index in [2.05, 4.69) is 10.6 Å². The lowest BCUT2D eigenvalue weighted by Gasteiger charge is -2.30. The standard InChI is InChI=1S/C16H20FN3O4/c1-10(21)19-15(14-9-18-16(22)24-14)11-2-3-13(12(17)8-11)20-4-6-23-7-5-20/h2-3,8,14-15H,4-7,9H2,1H3,(H,18,22)(H,19,21)/t14?,15-/m0/s1. The summed E-state index contributed by atoms with van der Waals surface area (Å²) >= 11 is 0.